The second-order valence-electron chi connectivity index (χ2n) is 5.88. The number of imidazole rings is 1. The van der Waals surface area contributed by atoms with E-state index < -0.39 is 36.6 Å². The SMILES string of the molecule is Cc1noc(C)c1CNC(=O)NCCC(O)(c1nccn1C)C(F)(F)F. The summed E-state index contributed by atoms with van der Waals surface area (Å²) in [4.78, 5) is 15.4. The predicted octanol–water partition coefficient (Wildman–Crippen LogP) is 1.66. The number of aromatic nitrogens is 3. The molecule has 0 spiro atoms. The van der Waals surface area contributed by atoms with Gasteiger partial charge in [-0.3, -0.25) is 0 Å². The number of nitrogens with one attached hydrogen (secondary N) is 2. The molecule has 0 aliphatic heterocycles. The highest BCUT2D eigenvalue weighted by Crippen LogP contribution is 2.40. The summed E-state index contributed by atoms with van der Waals surface area (Å²) in [7, 11) is 1.35. The van der Waals surface area contributed by atoms with Crippen LogP contribution < -0.4 is 10.6 Å². The first-order chi connectivity index (χ1) is 12.1. The van der Waals surface area contributed by atoms with Crippen LogP contribution in [0.15, 0.2) is 16.9 Å². The second kappa shape index (κ2) is 7.36. The standard InChI is InChI=1S/C15H20F3N5O3/c1-9-11(10(2)26-22-9)8-21-13(24)20-5-4-14(25,15(16,17)18)12-19-6-7-23(12)3/h6-7,25H,4-5,8H2,1-3H3,(H2,20,21,24). The van der Waals surface area contributed by atoms with E-state index in [1.165, 1.54) is 13.2 Å². The number of hydrogen-bond donors (Lipinski definition) is 3. The van der Waals surface area contributed by atoms with Gasteiger partial charge < -0.3 is 24.8 Å². The van der Waals surface area contributed by atoms with Crippen LogP contribution in [0.3, 0.4) is 0 Å². The van der Waals surface area contributed by atoms with E-state index in [1.54, 1.807) is 13.8 Å². The van der Waals surface area contributed by atoms with Gasteiger partial charge in [-0.15, -0.1) is 0 Å². The van der Waals surface area contributed by atoms with Crippen molar-refractivity contribution in [2.75, 3.05) is 6.54 Å². The van der Waals surface area contributed by atoms with Gasteiger partial charge in [0.1, 0.15) is 11.6 Å². The van der Waals surface area contributed by atoms with E-state index in [-0.39, 0.29) is 6.54 Å². The highest BCUT2D eigenvalue weighted by molar-refractivity contribution is 5.73. The minimum Gasteiger partial charge on any atom is -0.374 e. The molecule has 0 saturated heterocycles. The van der Waals surface area contributed by atoms with Crippen molar-refractivity contribution in [2.45, 2.75) is 38.6 Å². The van der Waals surface area contributed by atoms with Crippen molar-refractivity contribution in [1.82, 2.24) is 25.3 Å². The molecule has 1 atom stereocenters. The lowest BCUT2D eigenvalue weighted by Gasteiger charge is -2.29. The van der Waals surface area contributed by atoms with Crippen molar-refractivity contribution in [1.29, 1.82) is 0 Å². The number of carbonyl (C=O) groups is 1. The van der Waals surface area contributed by atoms with E-state index in [9.17, 15) is 23.1 Å². The molecule has 2 rings (SSSR count). The number of alkyl halides is 3. The Kier molecular flexibility index (Phi) is 5.59. The van der Waals surface area contributed by atoms with Crippen molar-refractivity contribution in [3.8, 4) is 0 Å². The van der Waals surface area contributed by atoms with Gasteiger partial charge in [-0.2, -0.15) is 13.2 Å². The maximum absolute atomic E-state index is 13.3. The van der Waals surface area contributed by atoms with Gasteiger partial charge >= 0.3 is 12.2 Å². The zero-order valence-electron chi connectivity index (χ0n) is 14.5. The lowest BCUT2D eigenvalue weighted by atomic mass is 9.97. The van der Waals surface area contributed by atoms with Gasteiger partial charge in [-0.1, -0.05) is 5.16 Å². The molecule has 26 heavy (non-hydrogen) atoms. The molecular formula is C15H20F3N5O3. The molecule has 0 aliphatic rings. The van der Waals surface area contributed by atoms with Gasteiger partial charge in [-0.25, -0.2) is 9.78 Å². The summed E-state index contributed by atoms with van der Waals surface area (Å²) in [6.07, 6.45) is -3.26. The minimum atomic E-state index is -4.94. The molecule has 0 fully saturated rings. The molecule has 2 amide bonds. The summed E-state index contributed by atoms with van der Waals surface area (Å²) < 4.78 is 46.1. The number of nitrogens with zero attached hydrogens (tertiary/aromatic N) is 3. The van der Waals surface area contributed by atoms with Gasteiger partial charge in [0.15, 0.2) is 0 Å². The van der Waals surface area contributed by atoms with Crippen molar-refractivity contribution < 1.29 is 27.6 Å². The maximum atomic E-state index is 13.3. The molecule has 3 N–H and O–H groups in total. The average molecular weight is 375 g/mol. The van der Waals surface area contributed by atoms with Crippen LogP contribution in [0.25, 0.3) is 0 Å². The lowest BCUT2D eigenvalue weighted by molar-refractivity contribution is -0.272. The number of halogens is 3. The largest absolute Gasteiger partial charge is 0.424 e. The normalized spacial score (nSPS) is 14.1. The molecule has 2 aromatic rings. The second-order valence-corrected chi connectivity index (χ2v) is 5.88. The van der Waals surface area contributed by atoms with Crippen LogP contribution in [-0.4, -0.2) is 38.6 Å². The van der Waals surface area contributed by atoms with Crippen LogP contribution in [0.4, 0.5) is 18.0 Å². The Balaban J connectivity index is 1.94. The lowest BCUT2D eigenvalue weighted by Crippen LogP contribution is -2.47. The molecule has 2 aromatic heterocycles. The highest BCUT2D eigenvalue weighted by Gasteiger charge is 2.57. The van der Waals surface area contributed by atoms with Crippen LogP contribution in [-0.2, 0) is 19.2 Å². The van der Waals surface area contributed by atoms with Crippen LogP contribution in [0, 0.1) is 13.8 Å². The van der Waals surface area contributed by atoms with E-state index in [0.29, 0.717) is 17.0 Å². The Hall–Kier alpha value is -2.56. The Bertz CT molecular complexity index is 751. The van der Waals surface area contributed by atoms with Gasteiger partial charge in [-0.05, 0) is 13.8 Å². The summed E-state index contributed by atoms with van der Waals surface area (Å²) in [5.41, 5.74) is -1.86. The predicted molar refractivity (Wildman–Crippen MR) is 84.0 cm³/mol. The zero-order valence-corrected chi connectivity index (χ0v) is 14.5. The molecular weight excluding hydrogens is 355 g/mol. The quantitative estimate of drug-likeness (QED) is 0.712. The number of aryl methyl sites for hydroxylation is 3. The van der Waals surface area contributed by atoms with Crippen LogP contribution in [0.2, 0.25) is 0 Å². The number of urea groups is 1. The van der Waals surface area contributed by atoms with Crippen molar-refractivity contribution >= 4 is 6.03 Å². The zero-order chi connectivity index (χ0) is 19.5. The van der Waals surface area contributed by atoms with Gasteiger partial charge in [0.2, 0.25) is 5.60 Å². The number of rotatable bonds is 6. The van der Waals surface area contributed by atoms with Crippen molar-refractivity contribution in [2.24, 2.45) is 7.05 Å². The fourth-order valence-corrected chi connectivity index (χ4v) is 2.49. The summed E-state index contributed by atoms with van der Waals surface area (Å²) in [5.74, 6) is 0.00644. The molecule has 0 aliphatic carbocycles. The summed E-state index contributed by atoms with van der Waals surface area (Å²) in [6, 6.07) is -0.672. The van der Waals surface area contributed by atoms with Crippen molar-refractivity contribution in [3.63, 3.8) is 0 Å². The van der Waals surface area contributed by atoms with Gasteiger partial charge in [0.25, 0.3) is 0 Å². The third kappa shape index (κ3) is 3.98. The minimum absolute atomic E-state index is 0.121. The van der Waals surface area contributed by atoms with Crippen molar-refractivity contribution in [3.05, 3.63) is 35.2 Å². The van der Waals surface area contributed by atoms with E-state index in [4.69, 9.17) is 4.52 Å². The van der Waals surface area contributed by atoms with Crippen LogP contribution in [0.1, 0.15) is 29.3 Å². The van der Waals surface area contributed by atoms with Crippen LogP contribution in [0.5, 0.6) is 0 Å². The molecule has 0 radical (unpaired) electrons. The van der Waals surface area contributed by atoms with E-state index >= 15 is 0 Å². The first-order valence-electron chi connectivity index (χ1n) is 7.76. The van der Waals surface area contributed by atoms with E-state index in [1.807, 2.05) is 0 Å². The smallest absolute Gasteiger partial charge is 0.374 e. The monoisotopic (exact) mass is 375 g/mol. The Morgan fingerprint density at radius 2 is 2.04 bits per heavy atom. The topological polar surface area (TPSA) is 105 Å². The molecule has 0 bridgehead atoms. The summed E-state index contributed by atoms with van der Waals surface area (Å²) >= 11 is 0. The number of amides is 2. The van der Waals surface area contributed by atoms with Gasteiger partial charge in [0, 0.05) is 44.5 Å². The molecule has 0 aromatic carbocycles. The first kappa shape index (κ1) is 19.8. The molecule has 8 nitrogen and oxygen atoms in total. The summed E-state index contributed by atoms with van der Waals surface area (Å²) in [5, 5.41) is 18.7. The van der Waals surface area contributed by atoms with Crippen LogP contribution >= 0.6 is 0 Å². The maximum Gasteiger partial charge on any atom is 0.424 e. The Morgan fingerprint density at radius 1 is 1.35 bits per heavy atom. The third-order valence-corrected chi connectivity index (χ3v) is 4.04. The molecule has 2 heterocycles. The number of carbonyl (C=O) groups excluding carboxylic acids is 1. The molecule has 144 valence electrons. The fraction of sp³-hybridized carbons (Fsp3) is 0.533. The average Bonchev–Trinajstić information content (AvgIpc) is 3.10. The first-order valence-corrected chi connectivity index (χ1v) is 7.76. The Morgan fingerprint density at radius 3 is 2.54 bits per heavy atom. The van der Waals surface area contributed by atoms with Gasteiger partial charge in [0.05, 0.1) is 5.69 Å². The van der Waals surface area contributed by atoms with E-state index in [2.05, 4.69) is 20.8 Å². The Labute approximate surface area is 147 Å². The van der Waals surface area contributed by atoms with E-state index in [0.717, 1.165) is 10.8 Å². The number of aliphatic hydroxyl groups is 1. The molecule has 11 heteroatoms. The fourth-order valence-electron chi connectivity index (χ4n) is 2.49. The molecule has 0 saturated carbocycles. The highest BCUT2D eigenvalue weighted by atomic mass is 19.4. The third-order valence-electron chi connectivity index (χ3n) is 4.04. The summed E-state index contributed by atoms with van der Waals surface area (Å²) in [6.45, 7) is 3.11. The molecule has 1 unspecified atom stereocenters. The number of hydrogen-bond acceptors (Lipinski definition) is 5.